The predicted molar refractivity (Wildman–Crippen MR) is 80.6 cm³/mol. The Bertz CT molecular complexity index is 774. The molecule has 2 aliphatic rings. The van der Waals surface area contributed by atoms with E-state index in [0.717, 1.165) is 41.0 Å². The van der Waals surface area contributed by atoms with Crippen LogP contribution in [0.4, 0.5) is 0 Å². The highest BCUT2D eigenvalue weighted by Crippen LogP contribution is 2.31. The zero-order valence-corrected chi connectivity index (χ0v) is 12.6. The van der Waals surface area contributed by atoms with E-state index in [4.69, 9.17) is 13.9 Å². The van der Waals surface area contributed by atoms with Crippen molar-refractivity contribution in [3.05, 3.63) is 40.4 Å². The Kier molecular flexibility index (Phi) is 3.69. The molecule has 21 heavy (non-hydrogen) atoms. The molecule has 2 aromatic rings. The molecule has 0 fully saturated rings. The lowest BCUT2D eigenvalue weighted by Gasteiger charge is -1.98. The summed E-state index contributed by atoms with van der Waals surface area (Å²) in [6, 6.07) is 5.91. The number of aromatic nitrogens is 1. The molecule has 4 rings (SSSR count). The Balaban J connectivity index is 0.000000126. The molecule has 2 heterocycles. The molecule has 4 heteroatoms. The number of aryl methyl sites for hydroxylation is 2. The number of fused-ring (bicyclic) bond motifs is 2. The Morgan fingerprint density at radius 2 is 1.86 bits per heavy atom. The Labute approximate surface area is 123 Å². The molecule has 0 bridgehead atoms. The molecule has 0 amide bonds. The summed E-state index contributed by atoms with van der Waals surface area (Å²) in [4.78, 5) is 4.26. The summed E-state index contributed by atoms with van der Waals surface area (Å²) in [5, 5.41) is 1.03. The molecule has 0 saturated heterocycles. The highest BCUT2D eigenvalue weighted by molar-refractivity contribution is 5.45. The number of hydrogen-bond donors (Lipinski definition) is 0. The molecule has 1 aromatic carbocycles. The second-order valence-electron chi connectivity index (χ2n) is 5.33. The summed E-state index contributed by atoms with van der Waals surface area (Å²) >= 11 is 0. The van der Waals surface area contributed by atoms with Crippen LogP contribution in [0.3, 0.4) is 0 Å². The van der Waals surface area contributed by atoms with E-state index in [1.807, 2.05) is 32.0 Å². The van der Waals surface area contributed by atoms with Crippen LogP contribution < -0.4 is 20.2 Å². The van der Waals surface area contributed by atoms with Crippen LogP contribution in [-0.2, 0) is 0 Å². The van der Waals surface area contributed by atoms with Gasteiger partial charge >= 0.3 is 0 Å². The van der Waals surface area contributed by atoms with Gasteiger partial charge in [-0.1, -0.05) is 12.1 Å². The minimum Gasteiger partial charge on any atom is -0.454 e. The first-order chi connectivity index (χ1) is 10.1. The molecule has 0 atom stereocenters. The lowest BCUT2D eigenvalue weighted by atomic mass is 10.1. The van der Waals surface area contributed by atoms with Gasteiger partial charge in [0.1, 0.15) is 5.35 Å². The van der Waals surface area contributed by atoms with Gasteiger partial charge < -0.3 is 13.9 Å². The zero-order chi connectivity index (χ0) is 14.8. The fourth-order valence-corrected chi connectivity index (χ4v) is 2.43. The molecule has 1 aliphatic heterocycles. The number of benzene rings is 1. The Morgan fingerprint density at radius 3 is 2.67 bits per heavy atom. The van der Waals surface area contributed by atoms with Crippen LogP contribution in [0.25, 0.3) is 11.6 Å². The maximum Gasteiger partial charge on any atom is 0.231 e. The molecule has 1 aromatic heterocycles. The highest BCUT2D eigenvalue weighted by Gasteiger charge is 2.11. The van der Waals surface area contributed by atoms with E-state index in [1.165, 1.54) is 11.1 Å². The second-order valence-corrected chi connectivity index (χ2v) is 5.33. The minimum atomic E-state index is 0.360. The minimum absolute atomic E-state index is 0.360. The van der Waals surface area contributed by atoms with E-state index in [1.54, 1.807) is 0 Å². The third-order valence-electron chi connectivity index (χ3n) is 3.53. The van der Waals surface area contributed by atoms with Crippen LogP contribution in [0.5, 0.6) is 11.5 Å². The highest BCUT2D eigenvalue weighted by atomic mass is 16.7. The van der Waals surface area contributed by atoms with E-state index in [-0.39, 0.29) is 0 Å². The van der Waals surface area contributed by atoms with Crippen molar-refractivity contribution >= 4 is 11.6 Å². The first kappa shape index (κ1) is 13.7. The van der Waals surface area contributed by atoms with E-state index in [9.17, 15) is 0 Å². The number of rotatable bonds is 0. The Morgan fingerprint density at radius 1 is 1.05 bits per heavy atom. The van der Waals surface area contributed by atoms with Crippen molar-refractivity contribution in [2.45, 2.75) is 33.6 Å². The van der Waals surface area contributed by atoms with Crippen molar-refractivity contribution in [3.8, 4) is 11.5 Å². The van der Waals surface area contributed by atoms with Crippen molar-refractivity contribution in [1.82, 2.24) is 4.98 Å². The number of oxazole rings is 1. The SMILES string of the molecule is CC1=c2oc(C)nc2=CCC1.Cc1ccc2c(c1)OCO2. The van der Waals surface area contributed by atoms with Crippen LogP contribution in [0, 0.1) is 13.8 Å². The first-order valence-corrected chi connectivity index (χ1v) is 7.13. The second kappa shape index (κ2) is 5.64. The van der Waals surface area contributed by atoms with Gasteiger partial charge in [-0.3, -0.25) is 0 Å². The smallest absolute Gasteiger partial charge is 0.231 e. The van der Waals surface area contributed by atoms with Gasteiger partial charge in [0.15, 0.2) is 22.8 Å². The fourth-order valence-electron chi connectivity index (χ4n) is 2.43. The van der Waals surface area contributed by atoms with Crippen LogP contribution in [-0.4, -0.2) is 11.8 Å². The van der Waals surface area contributed by atoms with E-state index in [0.29, 0.717) is 6.79 Å². The largest absolute Gasteiger partial charge is 0.454 e. The van der Waals surface area contributed by atoms with E-state index < -0.39 is 0 Å². The topological polar surface area (TPSA) is 44.5 Å². The maximum absolute atomic E-state index is 5.44. The number of nitrogens with zero attached hydrogens (tertiary/aromatic N) is 1. The van der Waals surface area contributed by atoms with Gasteiger partial charge in [-0.2, -0.15) is 0 Å². The van der Waals surface area contributed by atoms with Gasteiger partial charge in [0, 0.05) is 6.92 Å². The summed E-state index contributed by atoms with van der Waals surface area (Å²) in [5.41, 5.74) is 3.51. The average molecular weight is 285 g/mol. The third-order valence-corrected chi connectivity index (χ3v) is 3.53. The molecular formula is C17H19NO3. The van der Waals surface area contributed by atoms with Crippen molar-refractivity contribution in [2.24, 2.45) is 0 Å². The summed E-state index contributed by atoms with van der Waals surface area (Å²) in [5.74, 6) is 2.48. The zero-order valence-electron chi connectivity index (χ0n) is 12.6. The standard InChI is InChI=1S/C9H11NO.C8H8O2/c1-6-4-3-5-8-9(6)11-7(2)10-8;1-6-2-3-7-8(4-6)10-5-9-7/h5H,3-4H2,1-2H3;2-4H,5H2,1H3. The van der Waals surface area contributed by atoms with Gasteiger partial charge in [0.2, 0.25) is 6.79 Å². The monoisotopic (exact) mass is 285 g/mol. The quantitative estimate of drug-likeness (QED) is 0.746. The fraction of sp³-hybridized carbons (Fsp3) is 0.353. The van der Waals surface area contributed by atoms with Crippen LogP contribution in [0.15, 0.2) is 22.6 Å². The molecule has 0 N–H and O–H groups in total. The molecule has 0 unspecified atom stereocenters. The molecule has 1 aliphatic carbocycles. The predicted octanol–water partition coefficient (Wildman–Crippen LogP) is 2.45. The van der Waals surface area contributed by atoms with Crippen LogP contribution >= 0.6 is 0 Å². The summed E-state index contributed by atoms with van der Waals surface area (Å²) in [6.45, 7) is 6.39. The van der Waals surface area contributed by atoms with Crippen molar-refractivity contribution in [3.63, 3.8) is 0 Å². The number of hydrogen-bond acceptors (Lipinski definition) is 4. The third kappa shape index (κ3) is 2.94. The van der Waals surface area contributed by atoms with Crippen LogP contribution in [0.2, 0.25) is 0 Å². The summed E-state index contributed by atoms with van der Waals surface area (Å²) in [7, 11) is 0. The molecule has 110 valence electrons. The summed E-state index contributed by atoms with van der Waals surface area (Å²) in [6.07, 6.45) is 4.35. The first-order valence-electron chi connectivity index (χ1n) is 7.13. The van der Waals surface area contributed by atoms with Crippen molar-refractivity contribution in [2.75, 3.05) is 6.79 Å². The lowest BCUT2D eigenvalue weighted by molar-refractivity contribution is 0.174. The molecular weight excluding hydrogens is 266 g/mol. The molecule has 0 saturated carbocycles. The van der Waals surface area contributed by atoms with E-state index >= 15 is 0 Å². The van der Waals surface area contributed by atoms with Gasteiger partial charge in [-0.05, 0) is 50.0 Å². The maximum atomic E-state index is 5.44. The summed E-state index contributed by atoms with van der Waals surface area (Å²) < 4.78 is 15.7. The van der Waals surface area contributed by atoms with Gasteiger partial charge in [-0.15, -0.1) is 0 Å². The lowest BCUT2D eigenvalue weighted by Crippen LogP contribution is -2.26. The molecule has 4 nitrogen and oxygen atoms in total. The van der Waals surface area contributed by atoms with E-state index in [2.05, 4.69) is 18.0 Å². The van der Waals surface area contributed by atoms with Gasteiger partial charge in [0.05, 0.1) is 0 Å². The Hall–Kier alpha value is -2.23. The van der Waals surface area contributed by atoms with Crippen molar-refractivity contribution < 1.29 is 13.9 Å². The van der Waals surface area contributed by atoms with Crippen molar-refractivity contribution in [1.29, 1.82) is 0 Å². The molecule has 0 spiro atoms. The normalized spacial score (nSPS) is 14.9. The number of ether oxygens (including phenoxy) is 2. The van der Waals surface area contributed by atoms with Gasteiger partial charge in [0.25, 0.3) is 0 Å². The van der Waals surface area contributed by atoms with Gasteiger partial charge in [-0.25, -0.2) is 4.98 Å². The molecule has 0 radical (unpaired) electrons. The van der Waals surface area contributed by atoms with Crippen LogP contribution in [0.1, 0.15) is 31.2 Å². The average Bonchev–Trinajstić information content (AvgIpc) is 3.05.